The lowest BCUT2D eigenvalue weighted by Gasteiger charge is -2.19. The zero-order valence-corrected chi connectivity index (χ0v) is 19.0. The summed E-state index contributed by atoms with van der Waals surface area (Å²) in [6, 6.07) is -0.153. The molecular weight excluding hydrogens is 453 g/mol. The number of alkyl halides is 3. The van der Waals surface area contributed by atoms with Crippen LogP contribution in [0, 0.1) is 5.92 Å². The van der Waals surface area contributed by atoms with Gasteiger partial charge in [0, 0.05) is 25.0 Å². The van der Waals surface area contributed by atoms with Gasteiger partial charge in [-0.15, -0.1) is 0 Å². The largest absolute Gasteiger partial charge is 0.492 e. The fourth-order valence-corrected chi connectivity index (χ4v) is 3.49. The number of carbonyl (C=O) groups excluding carboxylic acids is 1. The van der Waals surface area contributed by atoms with Gasteiger partial charge < -0.3 is 23.9 Å². The summed E-state index contributed by atoms with van der Waals surface area (Å²) in [5, 5.41) is 2.75. The molecule has 1 fully saturated rings. The number of allylic oxidation sites excluding steroid dienone is 4. The summed E-state index contributed by atoms with van der Waals surface area (Å²) in [5.41, 5.74) is 2.14. The Morgan fingerprint density at radius 3 is 2.68 bits per heavy atom. The zero-order valence-electron chi connectivity index (χ0n) is 19.0. The summed E-state index contributed by atoms with van der Waals surface area (Å²) in [7, 11) is 0. The number of fused-ring (bicyclic) bond motifs is 1. The van der Waals surface area contributed by atoms with Crippen LogP contribution in [-0.4, -0.2) is 42.9 Å². The number of nitrogens with zero attached hydrogens (tertiary/aromatic N) is 1. The predicted molar refractivity (Wildman–Crippen MR) is 116 cm³/mol. The van der Waals surface area contributed by atoms with E-state index in [9.17, 15) is 18.0 Å². The minimum atomic E-state index is -4.46. The molecule has 34 heavy (non-hydrogen) atoms. The molecule has 0 bridgehead atoms. The number of nitrogens with one attached hydrogen (secondary N) is 1. The summed E-state index contributed by atoms with van der Waals surface area (Å²) < 4.78 is 60.7. The molecule has 0 aliphatic heterocycles. The van der Waals surface area contributed by atoms with Gasteiger partial charge in [0.1, 0.15) is 12.4 Å². The summed E-state index contributed by atoms with van der Waals surface area (Å²) in [5.74, 6) is 1.25. The van der Waals surface area contributed by atoms with Crippen molar-refractivity contribution in [2.75, 3.05) is 19.8 Å². The van der Waals surface area contributed by atoms with Crippen molar-refractivity contribution in [1.29, 1.82) is 0 Å². The Balaban J connectivity index is 1.51. The first-order valence-electron chi connectivity index (χ1n) is 11.2. The Morgan fingerprint density at radius 1 is 1.18 bits per heavy atom. The normalized spacial score (nSPS) is 20.2. The van der Waals surface area contributed by atoms with Crippen LogP contribution in [0.3, 0.4) is 0 Å². The van der Waals surface area contributed by atoms with Crippen LogP contribution in [0.25, 0.3) is 11.6 Å². The number of oxazole rings is 1. The van der Waals surface area contributed by atoms with Crippen LogP contribution in [0.4, 0.5) is 13.2 Å². The number of hydrogen-bond acceptors (Lipinski definition) is 6. The van der Waals surface area contributed by atoms with E-state index in [1.807, 2.05) is 13.0 Å². The fraction of sp³-hybridized carbons (Fsp3) is 0.500. The van der Waals surface area contributed by atoms with E-state index in [0.29, 0.717) is 65.7 Å². The first kappa shape index (κ1) is 24.0. The van der Waals surface area contributed by atoms with Gasteiger partial charge in [-0.25, -0.2) is 4.98 Å². The topological polar surface area (TPSA) is 82.8 Å². The van der Waals surface area contributed by atoms with E-state index in [2.05, 4.69) is 10.3 Å². The lowest BCUT2D eigenvalue weighted by Crippen LogP contribution is -2.34. The van der Waals surface area contributed by atoms with Gasteiger partial charge >= 0.3 is 6.18 Å². The second-order valence-electron chi connectivity index (χ2n) is 8.66. The van der Waals surface area contributed by atoms with Crippen LogP contribution in [-0.2, 0) is 25.4 Å². The molecule has 1 atom stereocenters. The quantitative estimate of drug-likeness (QED) is 0.586. The van der Waals surface area contributed by atoms with Crippen molar-refractivity contribution in [3.8, 4) is 0 Å². The Hall–Kier alpha value is -3.17. The van der Waals surface area contributed by atoms with Crippen LogP contribution in [0.15, 0.2) is 39.9 Å². The van der Waals surface area contributed by atoms with Gasteiger partial charge in [0.25, 0.3) is 0 Å². The molecular formula is C24H27F3N2O5. The van der Waals surface area contributed by atoms with Gasteiger partial charge in [-0.3, -0.25) is 4.79 Å². The van der Waals surface area contributed by atoms with Gasteiger partial charge in [-0.1, -0.05) is 0 Å². The van der Waals surface area contributed by atoms with E-state index in [1.165, 1.54) is 13.0 Å². The number of rotatable bonds is 9. The number of amides is 1. The van der Waals surface area contributed by atoms with Crippen molar-refractivity contribution in [2.45, 2.75) is 51.7 Å². The Bertz CT molecular complexity index is 1140. The summed E-state index contributed by atoms with van der Waals surface area (Å²) in [4.78, 5) is 15.6. The fourth-order valence-electron chi connectivity index (χ4n) is 3.49. The number of hydrogen-bond donors (Lipinski definition) is 1. The first-order chi connectivity index (χ1) is 16.2. The van der Waals surface area contributed by atoms with Crippen molar-refractivity contribution in [1.82, 2.24) is 10.3 Å². The third-order valence-corrected chi connectivity index (χ3v) is 5.34. The molecule has 4 rings (SSSR count). The Labute approximate surface area is 194 Å². The van der Waals surface area contributed by atoms with E-state index in [-0.39, 0.29) is 17.7 Å². The highest BCUT2D eigenvalue weighted by atomic mass is 19.4. The summed E-state index contributed by atoms with van der Waals surface area (Å²) in [6.45, 7) is 2.63. The molecule has 1 heterocycles. The van der Waals surface area contributed by atoms with Crippen LogP contribution in [0.1, 0.15) is 38.8 Å². The predicted octanol–water partition coefficient (Wildman–Crippen LogP) is 2.76. The van der Waals surface area contributed by atoms with E-state index in [1.54, 1.807) is 12.2 Å². The lowest BCUT2D eigenvalue weighted by atomic mass is 10.1. The van der Waals surface area contributed by atoms with Gasteiger partial charge in [0.05, 0.1) is 18.3 Å². The van der Waals surface area contributed by atoms with Crippen molar-refractivity contribution in [3.05, 3.63) is 52.2 Å². The lowest BCUT2D eigenvalue weighted by molar-refractivity contribution is -0.165. The molecule has 3 aliphatic carbocycles. The minimum Gasteiger partial charge on any atom is -0.492 e. The molecule has 0 aromatic carbocycles. The third kappa shape index (κ3) is 6.68. The molecule has 3 aliphatic rings. The van der Waals surface area contributed by atoms with Crippen LogP contribution >= 0.6 is 0 Å². The maximum absolute atomic E-state index is 12.8. The van der Waals surface area contributed by atoms with Crippen molar-refractivity contribution in [3.63, 3.8) is 0 Å². The highest BCUT2D eigenvalue weighted by molar-refractivity contribution is 5.73. The van der Waals surface area contributed by atoms with Gasteiger partial charge in [0.15, 0.2) is 23.5 Å². The van der Waals surface area contributed by atoms with Crippen molar-refractivity contribution in [2.24, 2.45) is 5.92 Å². The maximum atomic E-state index is 12.8. The van der Waals surface area contributed by atoms with E-state index >= 15 is 0 Å². The standard InChI is InChI=1S/C24H27F3N2O5/c1-14(28-15(2)30)11-31-18-6-7-19-21(10-18)34-23(29-19)17-5-8-20(32-12-16-3-4-16)22(9-17)33-13-24(25,26)27/h6,8-10,14,16H,3-5,7,11-13H2,1-2H3,(H,28,30)/t14-/m0/s1. The van der Waals surface area contributed by atoms with E-state index < -0.39 is 12.8 Å². The first-order valence-corrected chi connectivity index (χ1v) is 11.2. The Morgan fingerprint density at radius 2 is 1.97 bits per heavy atom. The van der Waals surface area contributed by atoms with E-state index in [4.69, 9.17) is 18.6 Å². The number of halogens is 3. The monoisotopic (exact) mass is 480 g/mol. The molecule has 1 aromatic heterocycles. The molecule has 0 saturated heterocycles. The van der Waals surface area contributed by atoms with Gasteiger partial charge in [0.2, 0.25) is 11.5 Å². The van der Waals surface area contributed by atoms with Crippen molar-refractivity contribution < 1.29 is 36.6 Å². The third-order valence-electron chi connectivity index (χ3n) is 5.34. The number of aromatic nitrogens is 1. The highest BCUT2D eigenvalue weighted by Gasteiger charge is 2.31. The second-order valence-corrected chi connectivity index (χ2v) is 8.66. The average Bonchev–Trinajstić information content (AvgIpc) is 3.50. The van der Waals surface area contributed by atoms with Gasteiger partial charge in [-0.2, -0.15) is 13.2 Å². The summed E-state index contributed by atoms with van der Waals surface area (Å²) >= 11 is 0. The molecule has 1 saturated carbocycles. The number of ether oxygens (including phenoxy) is 3. The van der Waals surface area contributed by atoms with Crippen LogP contribution in [0.2, 0.25) is 0 Å². The zero-order chi connectivity index (χ0) is 24.3. The molecule has 1 aromatic rings. The molecule has 0 unspecified atom stereocenters. The van der Waals surface area contributed by atoms with Crippen molar-refractivity contribution >= 4 is 17.6 Å². The van der Waals surface area contributed by atoms with Crippen LogP contribution in [0.5, 0.6) is 0 Å². The number of carbonyl (C=O) groups is 1. The van der Waals surface area contributed by atoms with Gasteiger partial charge in [-0.05, 0) is 50.3 Å². The molecule has 0 radical (unpaired) electrons. The molecule has 184 valence electrons. The van der Waals surface area contributed by atoms with Crippen LogP contribution < -0.4 is 16.3 Å². The summed E-state index contributed by atoms with van der Waals surface area (Å²) in [6.07, 6.45) is 5.33. The highest BCUT2D eigenvalue weighted by Crippen LogP contribution is 2.32. The smallest absolute Gasteiger partial charge is 0.422 e. The molecule has 1 N–H and O–H groups in total. The SMILES string of the molecule is CC(=O)N[C@@H](C)COC1=CCc2nc(=C3C=C(OCC(F)(F)F)C(OCC4CC4)=CC3)oc2=C1. The van der Waals surface area contributed by atoms with E-state index in [0.717, 1.165) is 12.8 Å². The molecule has 1 amide bonds. The molecule has 7 nitrogen and oxygen atoms in total. The maximum Gasteiger partial charge on any atom is 0.422 e. The minimum absolute atomic E-state index is 0.0217. The molecule has 10 heteroatoms. The second kappa shape index (κ2) is 9.99. The molecule has 0 spiro atoms. The Kier molecular flexibility index (Phi) is 7.04. The average molecular weight is 480 g/mol.